The predicted molar refractivity (Wildman–Crippen MR) is 171 cm³/mol. The average molecular weight is 567 g/mol. The molecule has 6 aromatic rings. The third kappa shape index (κ3) is 5.33. The molecule has 7 nitrogen and oxygen atoms in total. The van der Waals surface area contributed by atoms with Crippen LogP contribution in [0.15, 0.2) is 103 Å². The van der Waals surface area contributed by atoms with E-state index in [0.29, 0.717) is 34.4 Å². The molecule has 43 heavy (non-hydrogen) atoms. The summed E-state index contributed by atoms with van der Waals surface area (Å²) in [6, 6.07) is 33.5. The molecule has 0 saturated heterocycles. The van der Waals surface area contributed by atoms with Crippen LogP contribution < -0.4 is 20.1 Å². The molecule has 0 aliphatic carbocycles. The lowest BCUT2D eigenvalue weighted by Crippen LogP contribution is -2.14. The number of carbonyl (C=O) groups excluding carboxylic acids is 1. The number of benzene rings is 5. The van der Waals surface area contributed by atoms with Gasteiger partial charge in [0.1, 0.15) is 5.82 Å². The first kappa shape index (κ1) is 26.5. The van der Waals surface area contributed by atoms with E-state index in [1.165, 1.54) is 5.56 Å². The second-order valence-electron chi connectivity index (χ2n) is 11.7. The zero-order chi connectivity index (χ0) is 29.6. The highest BCUT2D eigenvalue weighted by molar-refractivity contribution is 6.06. The van der Waals surface area contributed by atoms with E-state index in [9.17, 15) is 4.79 Å². The van der Waals surface area contributed by atoms with Gasteiger partial charge < -0.3 is 20.1 Å². The van der Waals surface area contributed by atoms with Crippen molar-refractivity contribution in [2.24, 2.45) is 0 Å². The van der Waals surface area contributed by atoms with E-state index in [0.717, 1.165) is 32.9 Å². The van der Waals surface area contributed by atoms with E-state index in [4.69, 9.17) is 19.4 Å². The largest absolute Gasteiger partial charge is 0.454 e. The van der Waals surface area contributed by atoms with Crippen LogP contribution in [0.25, 0.3) is 33.1 Å². The summed E-state index contributed by atoms with van der Waals surface area (Å²) in [5.41, 5.74) is 4.87. The Morgan fingerprint density at radius 3 is 2.33 bits per heavy atom. The minimum Gasteiger partial charge on any atom is -0.454 e. The maximum atomic E-state index is 13.2. The Bertz CT molecular complexity index is 2010. The van der Waals surface area contributed by atoms with Gasteiger partial charge in [0.05, 0.1) is 5.52 Å². The van der Waals surface area contributed by atoms with Crippen molar-refractivity contribution >= 4 is 44.8 Å². The van der Waals surface area contributed by atoms with Crippen LogP contribution in [-0.2, 0) is 5.41 Å². The molecule has 1 aliphatic heterocycles. The smallest absolute Gasteiger partial charge is 0.255 e. The quantitative estimate of drug-likeness (QED) is 0.218. The average Bonchev–Trinajstić information content (AvgIpc) is 3.48. The highest BCUT2D eigenvalue weighted by Gasteiger charge is 2.17. The number of fused-ring (bicyclic) bond motifs is 3. The van der Waals surface area contributed by atoms with Crippen molar-refractivity contribution in [2.75, 3.05) is 17.4 Å². The van der Waals surface area contributed by atoms with E-state index in [-0.39, 0.29) is 18.1 Å². The van der Waals surface area contributed by atoms with Crippen LogP contribution in [0.4, 0.5) is 17.2 Å². The summed E-state index contributed by atoms with van der Waals surface area (Å²) in [5, 5.41) is 9.53. The molecular weight excluding hydrogens is 536 g/mol. The van der Waals surface area contributed by atoms with Gasteiger partial charge in [0.15, 0.2) is 17.3 Å². The molecule has 5 aromatic carbocycles. The molecule has 1 amide bonds. The van der Waals surface area contributed by atoms with E-state index in [1.54, 1.807) is 0 Å². The van der Waals surface area contributed by atoms with Crippen molar-refractivity contribution in [1.29, 1.82) is 0 Å². The fraction of sp³-hybridized carbons (Fsp3) is 0.139. The summed E-state index contributed by atoms with van der Waals surface area (Å²) in [6.45, 7) is 6.66. The van der Waals surface area contributed by atoms with Crippen LogP contribution in [0.5, 0.6) is 11.5 Å². The van der Waals surface area contributed by atoms with Gasteiger partial charge in [0.25, 0.3) is 5.91 Å². The van der Waals surface area contributed by atoms with Gasteiger partial charge in [0, 0.05) is 34.0 Å². The number of hydrogen-bond acceptors (Lipinski definition) is 6. The van der Waals surface area contributed by atoms with Crippen molar-refractivity contribution in [3.05, 3.63) is 114 Å². The number of carbonyl (C=O) groups is 1. The summed E-state index contributed by atoms with van der Waals surface area (Å²) in [4.78, 5) is 23.0. The van der Waals surface area contributed by atoms with Crippen LogP contribution in [0.3, 0.4) is 0 Å². The highest BCUT2D eigenvalue weighted by atomic mass is 16.7. The molecule has 7 rings (SSSR count). The summed E-state index contributed by atoms with van der Waals surface area (Å²) in [7, 11) is 0. The maximum Gasteiger partial charge on any atom is 0.255 e. The van der Waals surface area contributed by atoms with Crippen molar-refractivity contribution in [1.82, 2.24) is 9.97 Å². The van der Waals surface area contributed by atoms with Gasteiger partial charge in [-0.3, -0.25) is 4.79 Å². The minimum atomic E-state index is -0.182. The van der Waals surface area contributed by atoms with Crippen LogP contribution in [-0.4, -0.2) is 22.7 Å². The van der Waals surface area contributed by atoms with Crippen LogP contribution in [0.2, 0.25) is 0 Å². The molecule has 2 heterocycles. The standard InChI is InChI=1S/C36H30N4O3/c1-36(2,3)26-12-10-23(11-13-26)35(41)38-27-14-16-30-29(19-27)34(37-28-15-17-31-32(20-28)43-21-42-31)40-33(39-30)25-9-8-22-6-4-5-7-24(22)18-25/h4-20H,21H2,1-3H3,(H,38,41)(H,37,39,40). The molecule has 0 spiro atoms. The second kappa shape index (κ2) is 10.4. The van der Waals surface area contributed by atoms with Gasteiger partial charge in [-0.2, -0.15) is 0 Å². The Hall–Kier alpha value is -5.43. The third-order valence-electron chi connectivity index (χ3n) is 7.61. The van der Waals surface area contributed by atoms with E-state index in [2.05, 4.69) is 55.7 Å². The van der Waals surface area contributed by atoms with Gasteiger partial charge in [-0.1, -0.05) is 69.3 Å². The van der Waals surface area contributed by atoms with Crippen molar-refractivity contribution in [3.8, 4) is 22.9 Å². The highest BCUT2D eigenvalue weighted by Crippen LogP contribution is 2.37. The molecule has 0 atom stereocenters. The van der Waals surface area contributed by atoms with E-state index in [1.807, 2.05) is 78.9 Å². The van der Waals surface area contributed by atoms with E-state index < -0.39 is 0 Å². The van der Waals surface area contributed by atoms with Gasteiger partial charge in [-0.05, 0) is 70.3 Å². The molecular formula is C36H30N4O3. The molecule has 0 unspecified atom stereocenters. The number of rotatable bonds is 5. The number of amides is 1. The Labute approximate surface area is 249 Å². The SMILES string of the molecule is CC(C)(C)c1ccc(C(=O)Nc2ccc3nc(-c4ccc5ccccc5c4)nc(Nc4ccc5c(c4)OCO5)c3c2)cc1. The third-order valence-corrected chi connectivity index (χ3v) is 7.61. The lowest BCUT2D eigenvalue weighted by Gasteiger charge is -2.19. The fourth-order valence-corrected chi connectivity index (χ4v) is 5.19. The normalized spacial score (nSPS) is 12.4. The Morgan fingerprint density at radius 1 is 0.744 bits per heavy atom. The molecule has 212 valence electrons. The summed E-state index contributed by atoms with van der Waals surface area (Å²) < 4.78 is 11.1. The zero-order valence-electron chi connectivity index (χ0n) is 24.1. The number of aromatic nitrogens is 2. The van der Waals surface area contributed by atoms with Crippen LogP contribution in [0.1, 0.15) is 36.7 Å². The van der Waals surface area contributed by atoms with Gasteiger partial charge in [-0.25, -0.2) is 9.97 Å². The van der Waals surface area contributed by atoms with Crippen molar-refractivity contribution in [2.45, 2.75) is 26.2 Å². The minimum absolute atomic E-state index is 0.0143. The number of anilines is 3. The number of nitrogens with one attached hydrogen (secondary N) is 2. The molecule has 1 aromatic heterocycles. The fourth-order valence-electron chi connectivity index (χ4n) is 5.19. The predicted octanol–water partition coefficient (Wildman–Crippen LogP) is 8.47. The number of ether oxygens (including phenoxy) is 2. The molecule has 7 heteroatoms. The summed E-state index contributed by atoms with van der Waals surface area (Å²) in [6.07, 6.45) is 0. The first-order valence-electron chi connectivity index (χ1n) is 14.2. The maximum absolute atomic E-state index is 13.2. The molecule has 0 fully saturated rings. The van der Waals surface area contributed by atoms with Gasteiger partial charge >= 0.3 is 0 Å². The van der Waals surface area contributed by atoms with Crippen molar-refractivity contribution < 1.29 is 14.3 Å². The van der Waals surface area contributed by atoms with Crippen LogP contribution in [0, 0.1) is 0 Å². The molecule has 0 radical (unpaired) electrons. The van der Waals surface area contributed by atoms with Crippen LogP contribution >= 0.6 is 0 Å². The Balaban J connectivity index is 1.27. The molecule has 0 bridgehead atoms. The van der Waals surface area contributed by atoms with E-state index >= 15 is 0 Å². The van der Waals surface area contributed by atoms with Crippen molar-refractivity contribution in [3.63, 3.8) is 0 Å². The first-order chi connectivity index (χ1) is 20.8. The Morgan fingerprint density at radius 2 is 1.51 bits per heavy atom. The number of nitrogens with zero attached hydrogens (tertiary/aromatic N) is 2. The topological polar surface area (TPSA) is 85.4 Å². The monoisotopic (exact) mass is 566 g/mol. The molecule has 0 saturated carbocycles. The second-order valence-corrected chi connectivity index (χ2v) is 11.7. The molecule has 1 aliphatic rings. The summed E-state index contributed by atoms with van der Waals surface area (Å²) >= 11 is 0. The lowest BCUT2D eigenvalue weighted by molar-refractivity contribution is 0.102. The Kier molecular flexibility index (Phi) is 6.43. The summed E-state index contributed by atoms with van der Waals surface area (Å²) in [5.74, 6) is 2.40. The van der Waals surface area contributed by atoms with Gasteiger partial charge in [-0.15, -0.1) is 0 Å². The number of hydrogen-bond donors (Lipinski definition) is 2. The van der Waals surface area contributed by atoms with Gasteiger partial charge in [0.2, 0.25) is 6.79 Å². The first-order valence-corrected chi connectivity index (χ1v) is 14.2. The lowest BCUT2D eigenvalue weighted by atomic mass is 9.87. The molecule has 2 N–H and O–H groups in total. The zero-order valence-corrected chi connectivity index (χ0v) is 24.1.